The van der Waals surface area contributed by atoms with Crippen molar-refractivity contribution < 1.29 is 42.1 Å². The zero-order chi connectivity index (χ0) is 41.0. The number of nitrogens with two attached hydrogens (primary N) is 1. The summed E-state index contributed by atoms with van der Waals surface area (Å²) in [7, 11) is -4.45. The summed E-state index contributed by atoms with van der Waals surface area (Å²) in [6.45, 7) is 18.3. The van der Waals surface area contributed by atoms with Gasteiger partial charge in [0.2, 0.25) is 5.60 Å². The molecule has 6 atom stereocenters. The molecule has 304 valence electrons. The van der Waals surface area contributed by atoms with Crippen molar-refractivity contribution in [2.24, 2.45) is 11.8 Å². The van der Waals surface area contributed by atoms with Crippen LogP contribution in [0.2, 0.25) is 0 Å². The number of carbonyl (C=O) groups excluding carboxylic acids is 2. The molecule has 1 saturated heterocycles. The number of nitrogens with one attached hydrogen (secondary N) is 1. The molecule has 1 aliphatic heterocycles. The summed E-state index contributed by atoms with van der Waals surface area (Å²) in [4.78, 5) is 30.7. The molecule has 1 aliphatic carbocycles. The molecule has 16 heteroatoms. The molecule has 0 radical (unpaired) electrons. The molecule has 0 spiro atoms. The number of hydrogen-bond donors (Lipinski definition) is 2. The standard InChI is InChI=1S/C40H55N6O9P/c1-24(2)27(6)51-34-32(54-40(22-41,35(34)53-37(47)25(3)4)33-20-19-31-36(42)43-23-44-46(31)33)21-50-56(49,55-30-17-15-28(16-18-30)39(7,8)9)45-26(5)38(48)52-29-13-11-10-12-14-29/h15-20,23-26,29,32,34-35H,6,10-14,21H2,1-5,7-9H3,(H,45,49)(H2,42,43,44)/t26-,32+,34+,35+,40-,56?/m0/s1. The molecule has 2 aliphatic rings. The monoisotopic (exact) mass is 794 g/mol. The summed E-state index contributed by atoms with van der Waals surface area (Å²) in [6, 6.07) is 11.4. The van der Waals surface area contributed by atoms with Gasteiger partial charge < -0.3 is 29.2 Å². The summed E-state index contributed by atoms with van der Waals surface area (Å²) in [5.41, 5.74) is 5.50. The van der Waals surface area contributed by atoms with Crippen LogP contribution in [-0.4, -0.2) is 63.6 Å². The highest BCUT2D eigenvalue weighted by atomic mass is 31.2. The van der Waals surface area contributed by atoms with Gasteiger partial charge in [0, 0.05) is 5.92 Å². The second-order valence-electron chi connectivity index (χ2n) is 16.1. The van der Waals surface area contributed by atoms with Crippen LogP contribution < -0.4 is 15.3 Å². The fourth-order valence-corrected chi connectivity index (χ4v) is 8.03. The number of allylic oxidation sites excluding steroid dienone is 1. The van der Waals surface area contributed by atoms with E-state index in [-0.39, 0.29) is 34.7 Å². The van der Waals surface area contributed by atoms with Crippen molar-refractivity contribution in [3.8, 4) is 11.8 Å². The van der Waals surface area contributed by atoms with E-state index in [1.807, 2.05) is 26.0 Å². The first kappa shape index (κ1) is 42.7. The molecule has 3 heterocycles. The Morgan fingerprint density at radius 2 is 1.71 bits per heavy atom. The van der Waals surface area contributed by atoms with Crippen LogP contribution in [0.5, 0.6) is 5.75 Å². The second-order valence-corrected chi connectivity index (χ2v) is 17.8. The summed E-state index contributed by atoms with van der Waals surface area (Å²) < 4.78 is 53.2. The third kappa shape index (κ3) is 9.54. The van der Waals surface area contributed by atoms with Gasteiger partial charge in [-0.2, -0.15) is 15.4 Å². The van der Waals surface area contributed by atoms with Crippen molar-refractivity contribution in [1.82, 2.24) is 19.7 Å². The van der Waals surface area contributed by atoms with Gasteiger partial charge in [-0.05, 0) is 67.9 Å². The molecule has 1 aromatic carbocycles. The molecule has 15 nitrogen and oxygen atoms in total. The van der Waals surface area contributed by atoms with Crippen molar-refractivity contribution in [3.63, 3.8) is 0 Å². The molecule has 3 aromatic rings. The first-order valence-electron chi connectivity index (χ1n) is 19.1. The number of hydrogen-bond acceptors (Lipinski definition) is 13. The average molecular weight is 795 g/mol. The highest BCUT2D eigenvalue weighted by Crippen LogP contribution is 2.49. The minimum atomic E-state index is -4.45. The van der Waals surface area contributed by atoms with Gasteiger partial charge in [0.15, 0.2) is 18.0 Å². The van der Waals surface area contributed by atoms with Crippen LogP contribution in [0, 0.1) is 23.2 Å². The van der Waals surface area contributed by atoms with E-state index in [1.165, 1.54) is 17.8 Å². The average Bonchev–Trinajstić information content (AvgIpc) is 3.71. The molecular formula is C40H55N6O9P. The van der Waals surface area contributed by atoms with E-state index >= 15 is 0 Å². The molecule has 1 unspecified atom stereocenters. The van der Waals surface area contributed by atoms with Crippen LogP contribution in [0.4, 0.5) is 5.82 Å². The van der Waals surface area contributed by atoms with Gasteiger partial charge in [0.1, 0.15) is 41.9 Å². The molecule has 5 rings (SSSR count). The van der Waals surface area contributed by atoms with Crippen LogP contribution in [0.1, 0.15) is 98.8 Å². The van der Waals surface area contributed by atoms with Crippen molar-refractivity contribution >= 4 is 31.0 Å². The SMILES string of the molecule is C=C(O[C@H]1[C@@H](OC(=O)C(C)C)[C@](C#N)(c2ccc3c(N)ncnn23)O[C@@H]1COP(=O)(N[C@@H](C)C(=O)OC1CCCCC1)Oc1ccc(C(C)(C)C)cc1)C(C)C. The van der Waals surface area contributed by atoms with Gasteiger partial charge in [-0.1, -0.05) is 73.6 Å². The Hall–Kier alpha value is -4.48. The normalized spacial score (nSPS) is 23.3. The van der Waals surface area contributed by atoms with Crippen LogP contribution in [0.3, 0.4) is 0 Å². The number of benzene rings is 1. The fraction of sp³-hybridized carbons (Fsp3) is 0.575. The fourth-order valence-electron chi connectivity index (χ4n) is 6.53. The van der Waals surface area contributed by atoms with Crippen molar-refractivity contribution in [2.75, 3.05) is 12.3 Å². The predicted molar refractivity (Wildman–Crippen MR) is 208 cm³/mol. The van der Waals surface area contributed by atoms with Crippen molar-refractivity contribution in [1.29, 1.82) is 5.26 Å². The summed E-state index contributed by atoms with van der Waals surface area (Å²) >= 11 is 0. The van der Waals surface area contributed by atoms with Gasteiger partial charge in [-0.25, -0.2) is 14.1 Å². The minimum Gasteiger partial charge on any atom is -0.488 e. The number of rotatable bonds is 15. The van der Waals surface area contributed by atoms with E-state index in [1.54, 1.807) is 38.1 Å². The minimum absolute atomic E-state index is 0.143. The Labute approximate surface area is 328 Å². The van der Waals surface area contributed by atoms with Crippen LogP contribution in [0.15, 0.2) is 55.1 Å². The molecule has 0 bridgehead atoms. The smallest absolute Gasteiger partial charge is 0.459 e. The predicted octanol–water partition coefficient (Wildman–Crippen LogP) is 6.91. The zero-order valence-corrected chi connectivity index (χ0v) is 34.4. The Kier molecular flexibility index (Phi) is 13.2. The van der Waals surface area contributed by atoms with Gasteiger partial charge >= 0.3 is 19.7 Å². The highest BCUT2D eigenvalue weighted by molar-refractivity contribution is 7.52. The topological polar surface area (TPSA) is 199 Å². The molecule has 2 aromatic heterocycles. The Morgan fingerprint density at radius 3 is 2.32 bits per heavy atom. The number of nitrogen functional groups attached to an aromatic ring is 1. The third-order valence-electron chi connectivity index (χ3n) is 9.97. The molecule has 0 amide bonds. The van der Waals surface area contributed by atoms with Crippen LogP contribution in [-0.2, 0) is 48.6 Å². The van der Waals surface area contributed by atoms with Crippen LogP contribution in [0.25, 0.3) is 5.52 Å². The maximum Gasteiger partial charge on any atom is 0.459 e. The molecule has 56 heavy (non-hydrogen) atoms. The quantitative estimate of drug-likeness (QED) is 0.0914. The number of ether oxygens (including phenoxy) is 4. The number of nitrogens with zero attached hydrogens (tertiary/aromatic N) is 4. The molecule has 3 N–H and O–H groups in total. The lowest BCUT2D eigenvalue weighted by Crippen LogP contribution is -2.46. The van der Waals surface area contributed by atoms with Gasteiger partial charge in [0.05, 0.1) is 24.0 Å². The van der Waals surface area contributed by atoms with Crippen molar-refractivity contribution in [2.45, 2.75) is 129 Å². The number of aromatic nitrogens is 3. The highest BCUT2D eigenvalue weighted by Gasteiger charge is 2.62. The number of anilines is 1. The van der Waals surface area contributed by atoms with E-state index in [0.29, 0.717) is 11.3 Å². The lowest BCUT2D eigenvalue weighted by molar-refractivity contribution is -0.164. The van der Waals surface area contributed by atoms with Crippen LogP contribution >= 0.6 is 7.75 Å². The molecule has 1 saturated carbocycles. The first-order valence-corrected chi connectivity index (χ1v) is 20.7. The lowest BCUT2D eigenvalue weighted by Gasteiger charge is -2.30. The van der Waals surface area contributed by atoms with Gasteiger partial charge in [0.25, 0.3) is 0 Å². The molecular weight excluding hydrogens is 739 g/mol. The summed E-state index contributed by atoms with van der Waals surface area (Å²) in [6.07, 6.45) is 1.64. The van der Waals surface area contributed by atoms with E-state index in [4.69, 9.17) is 33.7 Å². The largest absolute Gasteiger partial charge is 0.488 e. The number of nitriles is 1. The van der Waals surface area contributed by atoms with Crippen molar-refractivity contribution in [3.05, 3.63) is 66.3 Å². The maximum atomic E-state index is 14.8. The van der Waals surface area contributed by atoms with E-state index in [2.05, 4.69) is 48.6 Å². The van der Waals surface area contributed by atoms with E-state index in [9.17, 15) is 19.4 Å². The third-order valence-corrected chi connectivity index (χ3v) is 11.6. The molecule has 2 fully saturated rings. The number of fused-ring (bicyclic) bond motifs is 1. The number of carbonyl (C=O) groups is 2. The van der Waals surface area contributed by atoms with E-state index < -0.39 is 62.2 Å². The van der Waals surface area contributed by atoms with Gasteiger partial charge in [-0.15, -0.1) is 0 Å². The summed E-state index contributed by atoms with van der Waals surface area (Å²) in [5.74, 6) is -1.35. The zero-order valence-electron chi connectivity index (χ0n) is 33.5. The van der Waals surface area contributed by atoms with Gasteiger partial charge in [-0.3, -0.25) is 14.1 Å². The number of esters is 2. The Balaban J connectivity index is 1.53. The Bertz CT molecular complexity index is 1960. The van der Waals surface area contributed by atoms with E-state index in [0.717, 1.165) is 37.7 Å². The first-order chi connectivity index (χ1) is 26.4. The lowest BCUT2D eigenvalue weighted by atomic mass is 9.87. The summed E-state index contributed by atoms with van der Waals surface area (Å²) in [5, 5.41) is 18.1. The maximum absolute atomic E-state index is 14.8. The second kappa shape index (κ2) is 17.3. The Morgan fingerprint density at radius 1 is 1.04 bits per heavy atom.